The van der Waals surface area contributed by atoms with Crippen LogP contribution in [0, 0.1) is 0 Å². The number of pyridine rings is 1. The maximum atomic E-state index is 11.1. The molecule has 1 aromatic carbocycles. The minimum Gasteiger partial charge on any atom is -0.360 e. The molecule has 1 unspecified atom stereocenters. The van der Waals surface area contributed by atoms with E-state index in [1.165, 1.54) is 0 Å². The van der Waals surface area contributed by atoms with Crippen molar-refractivity contribution in [2.45, 2.75) is 12.5 Å². The number of nitrogens with zero attached hydrogens (tertiary/aromatic N) is 1. The predicted octanol–water partition coefficient (Wildman–Crippen LogP) is 3.61. The first-order valence-electron chi connectivity index (χ1n) is 5.76. The van der Waals surface area contributed by atoms with E-state index in [2.05, 4.69) is 10.3 Å². The Morgan fingerprint density at radius 3 is 2.68 bits per heavy atom. The number of carbonyl (C=O) groups excluding carboxylic acids is 1. The second-order valence-corrected chi connectivity index (χ2v) is 4.87. The molecule has 0 amide bonds. The molecule has 19 heavy (non-hydrogen) atoms. The summed E-state index contributed by atoms with van der Waals surface area (Å²) in [5, 5.41) is 4.05. The standard InChI is InChI=1S/C14H12Cl2N2O/c15-12-5-4-10(8-13(12)16)7-11(9-19)18-14-3-1-2-6-17-14/h1-6,8-9,11H,7H2,(H,17,18). The van der Waals surface area contributed by atoms with Crippen LogP contribution in [0.5, 0.6) is 0 Å². The van der Waals surface area contributed by atoms with Crippen molar-refractivity contribution in [2.24, 2.45) is 0 Å². The molecule has 0 radical (unpaired) electrons. The van der Waals surface area contributed by atoms with Gasteiger partial charge in [-0.3, -0.25) is 0 Å². The molecule has 0 saturated heterocycles. The Bertz CT molecular complexity index is 561. The SMILES string of the molecule is O=CC(Cc1ccc(Cl)c(Cl)c1)Nc1ccccn1. The van der Waals surface area contributed by atoms with Crippen LogP contribution in [0.2, 0.25) is 10.0 Å². The molecule has 3 nitrogen and oxygen atoms in total. The van der Waals surface area contributed by atoms with Gasteiger partial charge in [0.15, 0.2) is 0 Å². The second-order valence-electron chi connectivity index (χ2n) is 4.05. The van der Waals surface area contributed by atoms with Gasteiger partial charge >= 0.3 is 0 Å². The lowest BCUT2D eigenvalue weighted by atomic mass is 10.1. The zero-order valence-electron chi connectivity index (χ0n) is 10.0. The quantitative estimate of drug-likeness (QED) is 0.857. The Labute approximate surface area is 121 Å². The van der Waals surface area contributed by atoms with Gasteiger partial charge in [0, 0.05) is 6.20 Å². The highest BCUT2D eigenvalue weighted by Crippen LogP contribution is 2.23. The first-order chi connectivity index (χ1) is 9.19. The fraction of sp³-hybridized carbons (Fsp3) is 0.143. The van der Waals surface area contributed by atoms with Crippen LogP contribution in [0.25, 0.3) is 0 Å². The van der Waals surface area contributed by atoms with Gasteiger partial charge in [0.25, 0.3) is 0 Å². The van der Waals surface area contributed by atoms with Crippen LogP contribution in [-0.4, -0.2) is 17.3 Å². The Balaban J connectivity index is 2.06. The predicted molar refractivity (Wildman–Crippen MR) is 77.9 cm³/mol. The van der Waals surface area contributed by atoms with Gasteiger partial charge < -0.3 is 10.1 Å². The fourth-order valence-corrected chi connectivity index (χ4v) is 2.01. The van der Waals surface area contributed by atoms with Gasteiger partial charge in [-0.15, -0.1) is 0 Å². The van der Waals surface area contributed by atoms with Crippen molar-refractivity contribution < 1.29 is 4.79 Å². The number of rotatable bonds is 5. The van der Waals surface area contributed by atoms with E-state index in [4.69, 9.17) is 23.2 Å². The number of nitrogens with one attached hydrogen (secondary N) is 1. The lowest BCUT2D eigenvalue weighted by Crippen LogP contribution is -2.24. The molecule has 0 spiro atoms. The molecule has 1 N–H and O–H groups in total. The Hall–Kier alpha value is -1.58. The molecule has 0 fully saturated rings. The van der Waals surface area contributed by atoms with Crippen molar-refractivity contribution in [3.8, 4) is 0 Å². The van der Waals surface area contributed by atoms with E-state index in [0.717, 1.165) is 11.8 Å². The summed E-state index contributed by atoms with van der Waals surface area (Å²) >= 11 is 11.8. The molecule has 98 valence electrons. The van der Waals surface area contributed by atoms with Crippen LogP contribution in [-0.2, 0) is 11.2 Å². The number of hydrogen-bond acceptors (Lipinski definition) is 3. The minimum absolute atomic E-state index is 0.354. The molecule has 5 heteroatoms. The first-order valence-corrected chi connectivity index (χ1v) is 6.51. The molecule has 0 aliphatic rings. The van der Waals surface area contributed by atoms with Crippen LogP contribution < -0.4 is 5.32 Å². The number of carbonyl (C=O) groups is 1. The molecule has 0 aliphatic heterocycles. The molecule has 1 aromatic heterocycles. The first kappa shape index (κ1) is 13.8. The Kier molecular flexibility index (Phi) is 4.77. The highest BCUT2D eigenvalue weighted by molar-refractivity contribution is 6.42. The molecule has 2 aromatic rings. The van der Waals surface area contributed by atoms with Crippen LogP contribution in [0.1, 0.15) is 5.56 Å². The highest BCUT2D eigenvalue weighted by Gasteiger charge is 2.10. The summed E-state index contributed by atoms with van der Waals surface area (Å²) in [5.41, 5.74) is 0.940. The molecule has 2 rings (SSSR count). The van der Waals surface area contributed by atoms with Gasteiger partial charge in [-0.1, -0.05) is 35.3 Å². The van der Waals surface area contributed by atoms with E-state index in [9.17, 15) is 4.79 Å². The highest BCUT2D eigenvalue weighted by atomic mass is 35.5. The summed E-state index contributed by atoms with van der Waals surface area (Å²) in [6.07, 6.45) is 3.05. The smallest absolute Gasteiger partial charge is 0.142 e. The number of aldehydes is 1. The van der Waals surface area contributed by atoms with Gasteiger partial charge in [-0.05, 0) is 36.2 Å². The molecule has 1 atom stereocenters. The molecular formula is C14H12Cl2N2O. The Morgan fingerprint density at radius 1 is 1.21 bits per heavy atom. The third-order valence-corrected chi connectivity index (χ3v) is 3.34. The summed E-state index contributed by atoms with van der Waals surface area (Å²) in [6, 6.07) is 10.5. The zero-order chi connectivity index (χ0) is 13.7. The van der Waals surface area contributed by atoms with E-state index in [-0.39, 0.29) is 6.04 Å². The van der Waals surface area contributed by atoms with E-state index in [1.807, 2.05) is 24.3 Å². The van der Waals surface area contributed by atoms with E-state index in [0.29, 0.717) is 22.3 Å². The molecule has 0 aliphatic carbocycles. The summed E-state index contributed by atoms with van der Waals surface area (Å²) < 4.78 is 0. The fourth-order valence-electron chi connectivity index (χ4n) is 1.69. The lowest BCUT2D eigenvalue weighted by Gasteiger charge is -2.13. The van der Waals surface area contributed by atoms with Crippen molar-refractivity contribution >= 4 is 35.3 Å². The van der Waals surface area contributed by atoms with Crippen molar-refractivity contribution in [1.82, 2.24) is 4.98 Å². The van der Waals surface area contributed by atoms with Crippen molar-refractivity contribution in [3.05, 3.63) is 58.2 Å². The number of anilines is 1. The average molecular weight is 295 g/mol. The third kappa shape index (κ3) is 3.94. The third-order valence-electron chi connectivity index (χ3n) is 2.60. The van der Waals surface area contributed by atoms with Crippen molar-refractivity contribution in [3.63, 3.8) is 0 Å². The Morgan fingerprint density at radius 2 is 2.05 bits per heavy atom. The van der Waals surface area contributed by atoms with Crippen LogP contribution in [0.4, 0.5) is 5.82 Å². The lowest BCUT2D eigenvalue weighted by molar-refractivity contribution is -0.108. The van der Waals surface area contributed by atoms with E-state index in [1.54, 1.807) is 18.3 Å². The van der Waals surface area contributed by atoms with Crippen LogP contribution in [0.3, 0.4) is 0 Å². The molecule has 1 heterocycles. The average Bonchev–Trinajstić information content (AvgIpc) is 2.43. The molecular weight excluding hydrogens is 283 g/mol. The summed E-state index contributed by atoms with van der Waals surface area (Å²) in [6.45, 7) is 0. The van der Waals surface area contributed by atoms with Gasteiger partial charge in [0.05, 0.1) is 16.1 Å². The molecule has 0 bridgehead atoms. The number of hydrogen-bond donors (Lipinski definition) is 1. The van der Waals surface area contributed by atoms with Gasteiger partial charge in [-0.25, -0.2) is 4.98 Å². The summed E-state index contributed by atoms with van der Waals surface area (Å²) in [7, 11) is 0. The van der Waals surface area contributed by atoms with Crippen molar-refractivity contribution in [2.75, 3.05) is 5.32 Å². The summed E-state index contributed by atoms with van der Waals surface area (Å²) in [4.78, 5) is 15.2. The van der Waals surface area contributed by atoms with Crippen molar-refractivity contribution in [1.29, 1.82) is 0 Å². The maximum Gasteiger partial charge on any atom is 0.142 e. The van der Waals surface area contributed by atoms with E-state index >= 15 is 0 Å². The summed E-state index contributed by atoms with van der Waals surface area (Å²) in [5.74, 6) is 0.666. The van der Waals surface area contributed by atoms with Gasteiger partial charge in [0.1, 0.15) is 12.1 Å². The van der Waals surface area contributed by atoms with Gasteiger partial charge in [-0.2, -0.15) is 0 Å². The van der Waals surface area contributed by atoms with E-state index < -0.39 is 0 Å². The number of aromatic nitrogens is 1. The van der Waals surface area contributed by atoms with Gasteiger partial charge in [0.2, 0.25) is 0 Å². The van der Waals surface area contributed by atoms with Crippen LogP contribution in [0.15, 0.2) is 42.6 Å². The zero-order valence-corrected chi connectivity index (χ0v) is 11.5. The minimum atomic E-state index is -0.354. The monoisotopic (exact) mass is 294 g/mol. The largest absolute Gasteiger partial charge is 0.360 e. The maximum absolute atomic E-state index is 11.1. The topological polar surface area (TPSA) is 42.0 Å². The second kappa shape index (κ2) is 6.55. The van der Waals surface area contributed by atoms with Crippen LogP contribution >= 0.6 is 23.2 Å². The molecule has 0 saturated carbocycles. The normalized spacial score (nSPS) is 11.9. The number of benzene rings is 1. The number of halogens is 2.